The van der Waals surface area contributed by atoms with Gasteiger partial charge in [0.25, 0.3) is 5.56 Å². The number of carbonyl (C=O) groups is 1. The molecular weight excluding hydrogens is 334 g/mol. The van der Waals surface area contributed by atoms with Crippen LogP contribution in [0.25, 0.3) is 0 Å². The first kappa shape index (κ1) is 19.5. The molecule has 7 heteroatoms. The summed E-state index contributed by atoms with van der Waals surface area (Å²) in [4.78, 5) is 28.7. The monoisotopic (exact) mass is 359 g/mol. The fourth-order valence-corrected chi connectivity index (χ4v) is 2.38. The molecule has 0 unspecified atom stereocenters. The Morgan fingerprint density at radius 2 is 1.92 bits per heavy atom. The minimum Gasteiger partial charge on any atom is -0.497 e. The second-order valence-electron chi connectivity index (χ2n) is 5.91. The lowest BCUT2D eigenvalue weighted by atomic mass is 10.3. The van der Waals surface area contributed by atoms with Crippen LogP contribution in [0.4, 0.5) is 0 Å². The molecule has 0 radical (unpaired) electrons. The molecule has 1 aromatic heterocycles. The number of hydrogen-bond acceptors (Lipinski definition) is 5. The Morgan fingerprint density at radius 3 is 2.58 bits per heavy atom. The van der Waals surface area contributed by atoms with Crippen LogP contribution >= 0.6 is 0 Å². The first-order chi connectivity index (χ1) is 12.5. The summed E-state index contributed by atoms with van der Waals surface area (Å²) in [5.74, 6) is 1.56. The molecule has 0 atom stereocenters. The zero-order chi connectivity index (χ0) is 18.9. The van der Waals surface area contributed by atoms with Crippen molar-refractivity contribution in [3.05, 3.63) is 52.2 Å². The van der Waals surface area contributed by atoms with Crippen LogP contribution in [0, 0.1) is 6.92 Å². The average molecular weight is 359 g/mol. The van der Waals surface area contributed by atoms with Gasteiger partial charge in [-0.1, -0.05) is 13.3 Å². The molecular formula is C19H25N3O4. The highest BCUT2D eigenvalue weighted by Crippen LogP contribution is 2.17. The highest BCUT2D eigenvalue weighted by Gasteiger charge is 2.12. The Morgan fingerprint density at radius 1 is 1.23 bits per heavy atom. The lowest BCUT2D eigenvalue weighted by molar-refractivity contribution is -0.121. The number of amides is 1. The van der Waals surface area contributed by atoms with Crippen LogP contribution in [-0.2, 0) is 17.9 Å². The molecule has 7 nitrogen and oxygen atoms in total. The fraction of sp³-hybridized carbons (Fsp3) is 0.421. The number of nitrogens with zero attached hydrogens (tertiary/aromatic N) is 2. The van der Waals surface area contributed by atoms with E-state index in [2.05, 4.69) is 17.2 Å². The van der Waals surface area contributed by atoms with Crippen LogP contribution in [0.1, 0.15) is 31.3 Å². The molecule has 26 heavy (non-hydrogen) atoms. The minimum atomic E-state index is -0.267. The number of methoxy groups -OCH3 is 1. The second-order valence-corrected chi connectivity index (χ2v) is 5.91. The Kier molecular flexibility index (Phi) is 7.20. The van der Waals surface area contributed by atoms with Crippen LogP contribution in [0.2, 0.25) is 0 Å². The van der Waals surface area contributed by atoms with Crippen LogP contribution in [0.5, 0.6) is 11.5 Å². The highest BCUT2D eigenvalue weighted by atomic mass is 16.5. The van der Waals surface area contributed by atoms with Crippen molar-refractivity contribution < 1.29 is 14.3 Å². The van der Waals surface area contributed by atoms with Crippen molar-refractivity contribution in [2.45, 2.75) is 39.8 Å². The molecule has 1 amide bonds. The number of rotatable bonds is 9. The second kappa shape index (κ2) is 9.60. The van der Waals surface area contributed by atoms with Gasteiger partial charge in [0.2, 0.25) is 5.91 Å². The van der Waals surface area contributed by atoms with E-state index in [1.165, 1.54) is 10.6 Å². The summed E-state index contributed by atoms with van der Waals surface area (Å²) in [6, 6.07) is 8.53. The van der Waals surface area contributed by atoms with E-state index in [4.69, 9.17) is 9.47 Å². The van der Waals surface area contributed by atoms with Crippen LogP contribution in [0.15, 0.2) is 35.1 Å². The summed E-state index contributed by atoms with van der Waals surface area (Å²) < 4.78 is 12.2. The maximum Gasteiger partial charge on any atom is 0.254 e. The van der Waals surface area contributed by atoms with Gasteiger partial charge in [-0.15, -0.1) is 0 Å². The quantitative estimate of drug-likeness (QED) is 0.693. The van der Waals surface area contributed by atoms with Gasteiger partial charge in [0, 0.05) is 18.3 Å². The normalized spacial score (nSPS) is 10.4. The zero-order valence-corrected chi connectivity index (χ0v) is 15.4. The fourth-order valence-electron chi connectivity index (χ4n) is 2.38. The number of benzene rings is 1. The lowest BCUT2D eigenvalue weighted by Crippen LogP contribution is -2.35. The number of aryl methyl sites for hydroxylation is 1. The van der Waals surface area contributed by atoms with Crippen molar-refractivity contribution in [3.8, 4) is 11.5 Å². The van der Waals surface area contributed by atoms with Crippen molar-refractivity contribution in [1.29, 1.82) is 0 Å². The van der Waals surface area contributed by atoms with E-state index >= 15 is 0 Å². The van der Waals surface area contributed by atoms with Gasteiger partial charge in [0.15, 0.2) is 0 Å². The topological polar surface area (TPSA) is 82.5 Å². The van der Waals surface area contributed by atoms with E-state index < -0.39 is 0 Å². The van der Waals surface area contributed by atoms with Gasteiger partial charge in [0.05, 0.1) is 7.11 Å². The molecule has 2 rings (SSSR count). The molecule has 1 N–H and O–H groups in total. The SMILES string of the molecule is CCCCNC(=O)Cn1c(COc2ccc(OC)cc2)nc(C)cc1=O. The molecule has 140 valence electrons. The van der Waals surface area contributed by atoms with Crippen LogP contribution < -0.4 is 20.3 Å². The molecule has 2 aromatic rings. The zero-order valence-electron chi connectivity index (χ0n) is 15.4. The van der Waals surface area contributed by atoms with Gasteiger partial charge < -0.3 is 14.8 Å². The van der Waals surface area contributed by atoms with E-state index in [9.17, 15) is 9.59 Å². The lowest BCUT2D eigenvalue weighted by Gasteiger charge is -2.14. The molecule has 1 heterocycles. The molecule has 0 fully saturated rings. The predicted octanol–water partition coefficient (Wildman–Crippen LogP) is 2.06. The van der Waals surface area contributed by atoms with Gasteiger partial charge >= 0.3 is 0 Å². The smallest absolute Gasteiger partial charge is 0.254 e. The summed E-state index contributed by atoms with van der Waals surface area (Å²) in [5.41, 5.74) is 0.322. The number of carbonyl (C=O) groups excluding carboxylic acids is 1. The molecule has 0 aliphatic carbocycles. The third-order valence-corrected chi connectivity index (χ3v) is 3.80. The molecule has 0 saturated heterocycles. The van der Waals surface area contributed by atoms with Crippen molar-refractivity contribution in [1.82, 2.24) is 14.9 Å². The number of ether oxygens (including phenoxy) is 2. The standard InChI is InChI=1S/C19H25N3O4/c1-4-5-10-20-18(23)12-22-17(21-14(2)11-19(22)24)13-26-16-8-6-15(25-3)7-9-16/h6-9,11H,4-5,10,12-13H2,1-3H3,(H,20,23). The summed E-state index contributed by atoms with van der Waals surface area (Å²) in [7, 11) is 1.59. The van der Waals surface area contributed by atoms with Crippen molar-refractivity contribution in [3.63, 3.8) is 0 Å². The number of hydrogen-bond donors (Lipinski definition) is 1. The third kappa shape index (κ3) is 5.61. The Hall–Kier alpha value is -2.83. The van der Waals surface area contributed by atoms with E-state index in [1.807, 2.05) is 0 Å². The predicted molar refractivity (Wildman–Crippen MR) is 98.5 cm³/mol. The molecule has 0 bridgehead atoms. The maximum atomic E-state index is 12.3. The number of nitrogens with one attached hydrogen (secondary N) is 1. The summed E-state index contributed by atoms with van der Waals surface area (Å²) in [6.45, 7) is 4.41. The largest absolute Gasteiger partial charge is 0.497 e. The van der Waals surface area contributed by atoms with E-state index in [0.29, 0.717) is 23.8 Å². The highest BCUT2D eigenvalue weighted by molar-refractivity contribution is 5.75. The molecule has 0 saturated carbocycles. The number of unbranched alkanes of at least 4 members (excludes halogenated alkanes) is 1. The summed E-state index contributed by atoms with van der Waals surface area (Å²) in [6.07, 6.45) is 1.90. The van der Waals surface area contributed by atoms with E-state index in [1.54, 1.807) is 38.3 Å². The summed E-state index contributed by atoms with van der Waals surface area (Å²) >= 11 is 0. The molecule has 0 aliphatic rings. The average Bonchev–Trinajstić information content (AvgIpc) is 2.63. The molecule has 0 spiro atoms. The molecule has 1 aromatic carbocycles. The number of aromatic nitrogens is 2. The van der Waals surface area contributed by atoms with Gasteiger partial charge in [-0.2, -0.15) is 0 Å². The van der Waals surface area contributed by atoms with E-state index in [-0.39, 0.29) is 24.6 Å². The minimum absolute atomic E-state index is 0.0723. The maximum absolute atomic E-state index is 12.3. The van der Waals surface area contributed by atoms with Gasteiger partial charge in [-0.05, 0) is 37.6 Å². The Bertz CT molecular complexity index is 784. The first-order valence-corrected chi connectivity index (χ1v) is 8.64. The Labute approximate surface area is 153 Å². The van der Waals surface area contributed by atoms with Gasteiger partial charge in [-0.3, -0.25) is 14.2 Å². The van der Waals surface area contributed by atoms with Crippen LogP contribution in [-0.4, -0.2) is 29.1 Å². The van der Waals surface area contributed by atoms with E-state index in [0.717, 1.165) is 18.6 Å². The third-order valence-electron chi connectivity index (χ3n) is 3.80. The molecule has 0 aliphatic heterocycles. The van der Waals surface area contributed by atoms with Crippen molar-refractivity contribution in [2.75, 3.05) is 13.7 Å². The van der Waals surface area contributed by atoms with Crippen molar-refractivity contribution >= 4 is 5.91 Å². The van der Waals surface area contributed by atoms with Gasteiger partial charge in [0.1, 0.15) is 30.5 Å². The van der Waals surface area contributed by atoms with Crippen LogP contribution in [0.3, 0.4) is 0 Å². The Balaban J connectivity index is 2.10. The van der Waals surface area contributed by atoms with Gasteiger partial charge in [-0.25, -0.2) is 4.98 Å². The van der Waals surface area contributed by atoms with Crippen molar-refractivity contribution in [2.24, 2.45) is 0 Å². The first-order valence-electron chi connectivity index (χ1n) is 8.64. The summed E-state index contributed by atoms with van der Waals surface area (Å²) in [5, 5.41) is 2.81.